The maximum absolute atomic E-state index is 12.3. The number of nitrogens with zero attached hydrogens (tertiary/aromatic N) is 1. The number of para-hydroxylation sites is 2. The standard InChI is InChI=1S/C18H17N3O2/c1-2-23-16-11-7-6-10-15(16)20-18-19-12-14(17(22)21-18)13-8-4-3-5-9-13/h3-12H,2H2,1H3,(H2,19,20,21,22). The SMILES string of the molecule is CCOc1ccccc1Nc1ncc(-c2ccccc2)c(=O)[nH]1. The number of aromatic amines is 1. The average molecular weight is 307 g/mol. The molecule has 0 aliphatic rings. The zero-order valence-electron chi connectivity index (χ0n) is 12.7. The summed E-state index contributed by atoms with van der Waals surface area (Å²) >= 11 is 0. The largest absolute Gasteiger partial charge is 0.492 e. The molecule has 0 aliphatic carbocycles. The minimum atomic E-state index is -0.192. The second-order valence-electron chi connectivity index (χ2n) is 4.89. The fourth-order valence-corrected chi connectivity index (χ4v) is 2.26. The Labute approximate surface area is 134 Å². The molecule has 2 N–H and O–H groups in total. The molecule has 0 saturated heterocycles. The molecule has 0 aliphatic heterocycles. The Morgan fingerprint density at radius 2 is 1.83 bits per heavy atom. The Hall–Kier alpha value is -3.08. The Kier molecular flexibility index (Phi) is 4.38. The summed E-state index contributed by atoms with van der Waals surface area (Å²) in [5.41, 5.74) is 1.93. The molecule has 0 unspecified atom stereocenters. The predicted octanol–water partition coefficient (Wildman–Crippen LogP) is 3.58. The van der Waals surface area contributed by atoms with Crippen LogP contribution in [0.3, 0.4) is 0 Å². The van der Waals surface area contributed by atoms with Crippen LogP contribution in [0.4, 0.5) is 11.6 Å². The van der Waals surface area contributed by atoms with Gasteiger partial charge < -0.3 is 10.1 Å². The Bertz CT molecular complexity index is 844. The van der Waals surface area contributed by atoms with Crippen LogP contribution in [0.1, 0.15) is 6.92 Å². The van der Waals surface area contributed by atoms with E-state index in [0.29, 0.717) is 23.9 Å². The number of H-pyrrole nitrogens is 1. The first kappa shape index (κ1) is 14.8. The van der Waals surface area contributed by atoms with Gasteiger partial charge in [0.25, 0.3) is 5.56 Å². The first-order valence-electron chi connectivity index (χ1n) is 7.41. The van der Waals surface area contributed by atoms with Crippen LogP contribution < -0.4 is 15.6 Å². The van der Waals surface area contributed by atoms with Crippen molar-refractivity contribution < 1.29 is 4.74 Å². The highest BCUT2D eigenvalue weighted by Crippen LogP contribution is 2.25. The molecule has 0 saturated carbocycles. The van der Waals surface area contributed by atoms with Gasteiger partial charge in [-0.25, -0.2) is 4.98 Å². The number of benzene rings is 2. The number of hydrogen-bond acceptors (Lipinski definition) is 4. The fraction of sp³-hybridized carbons (Fsp3) is 0.111. The Morgan fingerprint density at radius 1 is 1.09 bits per heavy atom. The number of aromatic nitrogens is 2. The van der Waals surface area contributed by atoms with E-state index < -0.39 is 0 Å². The van der Waals surface area contributed by atoms with Crippen LogP contribution >= 0.6 is 0 Å². The molecule has 0 bridgehead atoms. The molecule has 3 aromatic rings. The van der Waals surface area contributed by atoms with Gasteiger partial charge in [0.15, 0.2) is 0 Å². The summed E-state index contributed by atoms with van der Waals surface area (Å²) in [6.07, 6.45) is 1.57. The van der Waals surface area contributed by atoms with Gasteiger partial charge in [0.2, 0.25) is 5.95 Å². The second kappa shape index (κ2) is 6.79. The van der Waals surface area contributed by atoms with Gasteiger partial charge >= 0.3 is 0 Å². The second-order valence-corrected chi connectivity index (χ2v) is 4.89. The maximum Gasteiger partial charge on any atom is 0.260 e. The van der Waals surface area contributed by atoms with E-state index >= 15 is 0 Å². The van der Waals surface area contributed by atoms with E-state index in [-0.39, 0.29) is 5.56 Å². The lowest BCUT2D eigenvalue weighted by atomic mass is 10.1. The summed E-state index contributed by atoms with van der Waals surface area (Å²) in [7, 11) is 0. The molecular weight excluding hydrogens is 290 g/mol. The lowest BCUT2D eigenvalue weighted by Gasteiger charge is -2.11. The van der Waals surface area contributed by atoms with Crippen LogP contribution in [-0.2, 0) is 0 Å². The van der Waals surface area contributed by atoms with E-state index in [2.05, 4.69) is 15.3 Å². The molecule has 116 valence electrons. The molecule has 1 heterocycles. The summed E-state index contributed by atoms with van der Waals surface area (Å²) in [5, 5.41) is 3.09. The lowest BCUT2D eigenvalue weighted by Crippen LogP contribution is -2.13. The van der Waals surface area contributed by atoms with Gasteiger partial charge in [-0.1, -0.05) is 42.5 Å². The summed E-state index contributed by atoms with van der Waals surface area (Å²) in [5.74, 6) is 1.09. The third-order valence-corrected chi connectivity index (χ3v) is 3.32. The van der Waals surface area contributed by atoms with Gasteiger partial charge in [0.05, 0.1) is 17.9 Å². The molecule has 0 radical (unpaired) electrons. The number of hydrogen-bond donors (Lipinski definition) is 2. The average Bonchev–Trinajstić information content (AvgIpc) is 2.58. The predicted molar refractivity (Wildman–Crippen MR) is 91.2 cm³/mol. The molecule has 2 aromatic carbocycles. The topological polar surface area (TPSA) is 67.0 Å². The van der Waals surface area contributed by atoms with Crippen molar-refractivity contribution >= 4 is 11.6 Å². The molecule has 0 atom stereocenters. The Balaban J connectivity index is 1.89. The van der Waals surface area contributed by atoms with Crippen LogP contribution in [0.2, 0.25) is 0 Å². The first-order valence-corrected chi connectivity index (χ1v) is 7.41. The van der Waals surface area contributed by atoms with Crippen LogP contribution in [0.5, 0.6) is 5.75 Å². The monoisotopic (exact) mass is 307 g/mol. The molecular formula is C18H17N3O2. The zero-order valence-corrected chi connectivity index (χ0v) is 12.7. The van der Waals surface area contributed by atoms with E-state index in [1.165, 1.54) is 0 Å². The summed E-state index contributed by atoms with van der Waals surface area (Å²) in [6, 6.07) is 17.0. The summed E-state index contributed by atoms with van der Waals surface area (Å²) in [4.78, 5) is 19.3. The molecule has 0 fully saturated rings. The van der Waals surface area contributed by atoms with E-state index in [0.717, 1.165) is 11.3 Å². The molecule has 5 heteroatoms. The quantitative estimate of drug-likeness (QED) is 0.756. The van der Waals surface area contributed by atoms with Gasteiger partial charge in [-0.15, -0.1) is 0 Å². The Morgan fingerprint density at radius 3 is 2.57 bits per heavy atom. The van der Waals surface area contributed by atoms with Crippen LogP contribution in [0, 0.1) is 0 Å². The van der Waals surface area contributed by atoms with E-state index in [9.17, 15) is 4.79 Å². The molecule has 23 heavy (non-hydrogen) atoms. The number of ether oxygens (including phenoxy) is 1. The molecule has 5 nitrogen and oxygen atoms in total. The van der Waals surface area contributed by atoms with Gasteiger partial charge in [0, 0.05) is 6.20 Å². The van der Waals surface area contributed by atoms with E-state index in [1.807, 2.05) is 61.5 Å². The highest BCUT2D eigenvalue weighted by atomic mass is 16.5. The van der Waals surface area contributed by atoms with E-state index in [1.54, 1.807) is 6.20 Å². The number of rotatable bonds is 5. The number of anilines is 2. The van der Waals surface area contributed by atoms with Gasteiger partial charge in [-0.05, 0) is 24.6 Å². The van der Waals surface area contributed by atoms with Gasteiger partial charge in [-0.2, -0.15) is 0 Å². The minimum absolute atomic E-state index is 0.192. The van der Waals surface area contributed by atoms with Crippen molar-refractivity contribution in [3.8, 4) is 16.9 Å². The third kappa shape index (κ3) is 3.40. The molecule has 0 amide bonds. The molecule has 1 aromatic heterocycles. The molecule has 0 spiro atoms. The van der Waals surface area contributed by atoms with Crippen molar-refractivity contribution in [3.05, 3.63) is 71.1 Å². The van der Waals surface area contributed by atoms with Crippen molar-refractivity contribution in [2.24, 2.45) is 0 Å². The smallest absolute Gasteiger partial charge is 0.260 e. The van der Waals surface area contributed by atoms with Gasteiger partial charge in [-0.3, -0.25) is 9.78 Å². The summed E-state index contributed by atoms with van der Waals surface area (Å²) in [6.45, 7) is 2.49. The van der Waals surface area contributed by atoms with Crippen molar-refractivity contribution in [1.29, 1.82) is 0 Å². The van der Waals surface area contributed by atoms with Gasteiger partial charge in [0.1, 0.15) is 5.75 Å². The van der Waals surface area contributed by atoms with Crippen molar-refractivity contribution in [1.82, 2.24) is 9.97 Å². The van der Waals surface area contributed by atoms with Crippen LogP contribution in [-0.4, -0.2) is 16.6 Å². The van der Waals surface area contributed by atoms with Crippen molar-refractivity contribution in [3.63, 3.8) is 0 Å². The highest BCUT2D eigenvalue weighted by molar-refractivity contribution is 5.65. The summed E-state index contributed by atoms with van der Waals surface area (Å²) < 4.78 is 5.55. The highest BCUT2D eigenvalue weighted by Gasteiger charge is 2.07. The third-order valence-electron chi connectivity index (χ3n) is 3.32. The van der Waals surface area contributed by atoms with Crippen LogP contribution in [0.25, 0.3) is 11.1 Å². The molecule has 3 rings (SSSR count). The zero-order chi connectivity index (χ0) is 16.1. The number of nitrogens with one attached hydrogen (secondary N) is 2. The normalized spacial score (nSPS) is 10.3. The minimum Gasteiger partial charge on any atom is -0.492 e. The first-order chi connectivity index (χ1) is 11.3. The fourth-order valence-electron chi connectivity index (χ4n) is 2.26. The lowest BCUT2D eigenvalue weighted by molar-refractivity contribution is 0.342. The van der Waals surface area contributed by atoms with Crippen LogP contribution in [0.15, 0.2) is 65.6 Å². The van der Waals surface area contributed by atoms with Crippen molar-refractivity contribution in [2.75, 3.05) is 11.9 Å². The van der Waals surface area contributed by atoms with E-state index in [4.69, 9.17) is 4.74 Å². The maximum atomic E-state index is 12.3. The van der Waals surface area contributed by atoms with Crippen molar-refractivity contribution in [2.45, 2.75) is 6.92 Å².